The van der Waals surface area contributed by atoms with Crippen LogP contribution in [0.5, 0.6) is 0 Å². The fourth-order valence-corrected chi connectivity index (χ4v) is 13.6. The Morgan fingerprint density at radius 1 is 0.300 bits per heavy atom. The highest BCUT2D eigenvalue weighted by atomic mass is 31.2. The average Bonchev–Trinajstić information content (AvgIpc) is 3.58. The van der Waals surface area contributed by atoms with E-state index in [9.17, 15) is 19.0 Å². The molecule has 0 N–H and O–H groups in total. The maximum absolute atomic E-state index is 12.9. The minimum Gasteiger partial charge on any atom is -0.756 e. The van der Waals surface area contributed by atoms with E-state index in [0.717, 1.165) is 32.1 Å². The third kappa shape index (κ3) is 76.0. The van der Waals surface area contributed by atoms with Crippen molar-refractivity contribution < 1.29 is 42.1 Å². The monoisotopic (exact) mass is 1290 g/mol. The lowest BCUT2D eigenvalue weighted by Crippen LogP contribution is -2.37. The van der Waals surface area contributed by atoms with Crippen molar-refractivity contribution in [3.8, 4) is 0 Å². The lowest BCUT2D eigenvalue weighted by atomic mass is 10.0. The molecular weight excluding hydrogens is 1130 g/mol. The molecule has 0 aliphatic heterocycles. The van der Waals surface area contributed by atoms with E-state index in [1.807, 2.05) is 21.1 Å². The maximum atomic E-state index is 12.9. The van der Waals surface area contributed by atoms with Crippen molar-refractivity contribution >= 4 is 19.8 Å². The van der Waals surface area contributed by atoms with Crippen molar-refractivity contribution in [3.05, 3.63) is 0 Å². The maximum Gasteiger partial charge on any atom is 0.306 e. The topological polar surface area (TPSA) is 111 Å². The van der Waals surface area contributed by atoms with Crippen LogP contribution in [0.2, 0.25) is 0 Å². The average molecular weight is 1300 g/mol. The molecule has 90 heavy (non-hydrogen) atoms. The fraction of sp³-hybridized carbons (Fsp3) is 0.975. The number of phosphoric ester groups is 1. The highest BCUT2D eigenvalue weighted by Gasteiger charge is 2.22. The molecule has 0 rings (SSSR count). The van der Waals surface area contributed by atoms with Gasteiger partial charge in [-0.1, -0.05) is 425 Å². The van der Waals surface area contributed by atoms with Crippen LogP contribution in [0.1, 0.15) is 450 Å². The first-order valence-corrected chi connectivity index (χ1v) is 42.2. The summed E-state index contributed by atoms with van der Waals surface area (Å²) in [5, 5.41) is 0. The number of phosphoric acid groups is 1. The van der Waals surface area contributed by atoms with Gasteiger partial charge in [0.15, 0.2) is 6.10 Å². The Bertz CT molecular complexity index is 1470. The van der Waals surface area contributed by atoms with Gasteiger partial charge >= 0.3 is 11.9 Å². The highest BCUT2D eigenvalue weighted by molar-refractivity contribution is 7.45. The highest BCUT2D eigenvalue weighted by Crippen LogP contribution is 2.38. The van der Waals surface area contributed by atoms with Gasteiger partial charge in [0.2, 0.25) is 0 Å². The molecule has 0 aromatic heterocycles. The van der Waals surface area contributed by atoms with Crippen LogP contribution in [0.15, 0.2) is 0 Å². The number of hydrogen-bond donors (Lipinski definition) is 0. The SMILES string of the molecule is CCCCCCCCCCCCCCCCCCCCCCCCCCCCCCCCCCCCCCCCCC(=O)OC(COC(=O)CCCCCCCCCCCCCCCCCCCCCCCCCCCCC)COP(=O)([O-])OCC[N+](C)(C)C. The second-order valence-electron chi connectivity index (χ2n) is 29.5. The van der Waals surface area contributed by atoms with Crippen molar-refractivity contribution in [2.75, 3.05) is 47.5 Å². The zero-order valence-corrected chi connectivity index (χ0v) is 62.5. The molecule has 538 valence electrons. The molecule has 2 atom stereocenters. The van der Waals surface area contributed by atoms with E-state index in [4.69, 9.17) is 18.5 Å². The Balaban J connectivity index is 3.85. The van der Waals surface area contributed by atoms with E-state index in [2.05, 4.69) is 13.8 Å². The first kappa shape index (κ1) is 89.0. The van der Waals surface area contributed by atoms with Gasteiger partial charge < -0.3 is 27.9 Å². The number of esters is 2. The molecule has 0 spiro atoms. The van der Waals surface area contributed by atoms with Crippen LogP contribution in [0.25, 0.3) is 0 Å². The summed E-state index contributed by atoms with van der Waals surface area (Å²) in [4.78, 5) is 38.2. The molecule has 0 aromatic rings. The summed E-state index contributed by atoms with van der Waals surface area (Å²) in [5.74, 6) is -0.800. The Morgan fingerprint density at radius 3 is 0.711 bits per heavy atom. The number of carbonyl (C=O) groups excluding carboxylic acids is 2. The third-order valence-corrected chi connectivity index (χ3v) is 20.1. The van der Waals surface area contributed by atoms with Crippen LogP contribution in [-0.2, 0) is 32.7 Å². The molecule has 0 aliphatic rings. The summed E-state index contributed by atoms with van der Waals surface area (Å²) in [6, 6.07) is 0. The van der Waals surface area contributed by atoms with Crippen molar-refractivity contribution in [1.29, 1.82) is 0 Å². The minimum atomic E-state index is -4.64. The molecule has 0 bridgehead atoms. The molecule has 0 aromatic carbocycles. The van der Waals surface area contributed by atoms with Gasteiger partial charge in [0.25, 0.3) is 7.82 Å². The molecule has 10 heteroatoms. The Morgan fingerprint density at radius 2 is 0.500 bits per heavy atom. The number of ether oxygens (including phenoxy) is 2. The van der Waals surface area contributed by atoms with Gasteiger partial charge in [-0.15, -0.1) is 0 Å². The zero-order chi connectivity index (χ0) is 65.5. The smallest absolute Gasteiger partial charge is 0.306 e. The number of rotatable bonds is 78. The standard InChI is InChI=1S/C80H160NO8P/c1-6-8-10-12-14-16-18-20-22-24-26-28-30-32-34-35-36-37-38-39-40-41-42-43-44-45-47-49-51-53-55-57-59-61-63-65-67-69-71-73-80(83)89-78(77-88-90(84,85)87-75-74-81(3,4)5)76-86-79(82)72-70-68-66-64-62-60-58-56-54-52-50-48-46-33-31-29-27-25-23-21-19-17-15-13-11-9-7-2/h78H,6-77H2,1-5H3. The van der Waals surface area contributed by atoms with Crippen LogP contribution in [0, 0.1) is 0 Å². The van der Waals surface area contributed by atoms with E-state index < -0.39 is 26.5 Å². The van der Waals surface area contributed by atoms with Crippen molar-refractivity contribution in [1.82, 2.24) is 0 Å². The zero-order valence-electron chi connectivity index (χ0n) is 61.6. The lowest BCUT2D eigenvalue weighted by molar-refractivity contribution is -0.870. The van der Waals surface area contributed by atoms with Gasteiger partial charge in [0.05, 0.1) is 27.7 Å². The third-order valence-electron chi connectivity index (χ3n) is 19.1. The van der Waals surface area contributed by atoms with E-state index >= 15 is 0 Å². The summed E-state index contributed by atoms with van der Waals surface area (Å²) in [5.41, 5.74) is 0. The summed E-state index contributed by atoms with van der Waals surface area (Å²) < 4.78 is 34.4. The normalized spacial score (nSPS) is 12.9. The first-order valence-electron chi connectivity index (χ1n) is 40.7. The molecule has 2 unspecified atom stereocenters. The molecule has 0 radical (unpaired) electrons. The van der Waals surface area contributed by atoms with E-state index in [1.165, 1.54) is 385 Å². The molecular formula is C80H160NO8P. The Hall–Kier alpha value is -0.990. The van der Waals surface area contributed by atoms with Gasteiger partial charge in [0.1, 0.15) is 19.8 Å². The van der Waals surface area contributed by atoms with E-state index in [1.54, 1.807) is 0 Å². The van der Waals surface area contributed by atoms with Crippen molar-refractivity contribution in [2.24, 2.45) is 0 Å². The summed E-state index contributed by atoms with van der Waals surface area (Å²) in [6.07, 6.45) is 89.6. The molecule has 0 amide bonds. The lowest BCUT2D eigenvalue weighted by Gasteiger charge is -2.28. The largest absolute Gasteiger partial charge is 0.756 e. The van der Waals surface area contributed by atoms with Gasteiger partial charge in [-0.25, -0.2) is 0 Å². The summed E-state index contributed by atoms with van der Waals surface area (Å²) >= 11 is 0. The van der Waals surface area contributed by atoms with Gasteiger partial charge in [-0.05, 0) is 12.8 Å². The second kappa shape index (κ2) is 72.3. The Labute approximate surface area is 563 Å². The predicted octanol–water partition coefficient (Wildman–Crippen LogP) is 26.2. The summed E-state index contributed by atoms with van der Waals surface area (Å²) in [6.45, 7) is 4.35. The number of quaternary nitrogens is 1. The number of hydrogen-bond acceptors (Lipinski definition) is 8. The van der Waals surface area contributed by atoms with Crippen LogP contribution >= 0.6 is 7.82 Å². The van der Waals surface area contributed by atoms with E-state index in [0.29, 0.717) is 17.4 Å². The molecule has 9 nitrogen and oxygen atoms in total. The van der Waals surface area contributed by atoms with Crippen LogP contribution in [-0.4, -0.2) is 70.0 Å². The molecule has 0 heterocycles. The first-order chi connectivity index (χ1) is 44.0. The second-order valence-corrected chi connectivity index (χ2v) is 30.9. The number of nitrogens with zero attached hydrogens (tertiary/aromatic N) is 1. The Kier molecular flexibility index (Phi) is 71.5. The fourth-order valence-electron chi connectivity index (χ4n) is 12.9. The number of likely N-dealkylation sites (N-methyl/N-ethyl adjacent to an activating group) is 1. The summed E-state index contributed by atoms with van der Waals surface area (Å²) in [7, 11) is 1.20. The van der Waals surface area contributed by atoms with Crippen molar-refractivity contribution in [2.45, 2.75) is 457 Å². The molecule has 0 saturated heterocycles. The van der Waals surface area contributed by atoms with Crippen molar-refractivity contribution in [3.63, 3.8) is 0 Å². The van der Waals surface area contributed by atoms with Crippen LogP contribution in [0.4, 0.5) is 0 Å². The van der Waals surface area contributed by atoms with Gasteiger partial charge in [0, 0.05) is 12.8 Å². The minimum absolute atomic E-state index is 0.0246. The number of unbranched alkanes of at least 4 members (excludes halogenated alkanes) is 64. The van der Waals surface area contributed by atoms with E-state index in [-0.39, 0.29) is 32.0 Å². The van der Waals surface area contributed by atoms with Crippen LogP contribution in [0.3, 0.4) is 0 Å². The van der Waals surface area contributed by atoms with Crippen LogP contribution < -0.4 is 4.89 Å². The molecule has 0 aliphatic carbocycles. The van der Waals surface area contributed by atoms with Gasteiger partial charge in [-0.3, -0.25) is 14.2 Å². The molecule has 0 fully saturated rings. The molecule has 0 saturated carbocycles. The number of carbonyl (C=O) groups is 2. The predicted molar refractivity (Wildman–Crippen MR) is 389 cm³/mol. The van der Waals surface area contributed by atoms with Gasteiger partial charge in [-0.2, -0.15) is 0 Å². The quantitative estimate of drug-likeness (QED) is 0.0256.